The monoisotopic (exact) mass is 228 g/mol. The molecule has 0 aliphatic heterocycles. The van der Waals surface area contributed by atoms with Gasteiger partial charge in [0.05, 0.1) is 6.04 Å². The van der Waals surface area contributed by atoms with Crippen LogP contribution in [0.2, 0.25) is 0 Å². The van der Waals surface area contributed by atoms with Crippen molar-refractivity contribution < 1.29 is 0 Å². The van der Waals surface area contributed by atoms with Gasteiger partial charge in [-0.2, -0.15) is 5.26 Å². The summed E-state index contributed by atoms with van der Waals surface area (Å²) in [6.07, 6.45) is 5.26. The molecule has 2 rings (SSSR count). The lowest BCUT2D eigenvalue weighted by molar-refractivity contribution is 0.523. The van der Waals surface area contributed by atoms with Crippen LogP contribution >= 0.6 is 0 Å². The second-order valence-corrected chi connectivity index (χ2v) is 4.10. The number of nitrogens with one attached hydrogen (secondary N) is 2. The van der Waals surface area contributed by atoms with Crippen LogP contribution in [0.25, 0.3) is 0 Å². The first-order valence-electron chi connectivity index (χ1n) is 5.81. The number of fused-ring (bicyclic) bond motifs is 1. The second kappa shape index (κ2) is 5.35. The zero-order valence-corrected chi connectivity index (χ0v) is 9.90. The SMILES string of the molecule is CN=C(NC#N)NC1CCCc2ccccc21. The Labute approximate surface area is 101 Å². The zero-order valence-electron chi connectivity index (χ0n) is 9.90. The van der Waals surface area contributed by atoms with E-state index in [9.17, 15) is 0 Å². The molecular formula is C13H16N4. The quantitative estimate of drug-likeness (QED) is 0.333. The number of hydrogen-bond donors (Lipinski definition) is 2. The summed E-state index contributed by atoms with van der Waals surface area (Å²) < 4.78 is 0. The van der Waals surface area contributed by atoms with E-state index in [-0.39, 0.29) is 6.04 Å². The van der Waals surface area contributed by atoms with Crippen molar-refractivity contribution >= 4 is 5.96 Å². The number of nitrogens with zero attached hydrogens (tertiary/aromatic N) is 2. The summed E-state index contributed by atoms with van der Waals surface area (Å²) in [5.41, 5.74) is 2.71. The molecule has 0 aromatic heterocycles. The fourth-order valence-electron chi connectivity index (χ4n) is 2.28. The fourth-order valence-corrected chi connectivity index (χ4v) is 2.28. The average Bonchev–Trinajstić information content (AvgIpc) is 2.38. The van der Waals surface area contributed by atoms with E-state index >= 15 is 0 Å². The first-order chi connectivity index (χ1) is 8.35. The van der Waals surface area contributed by atoms with Gasteiger partial charge in [0.15, 0.2) is 6.19 Å². The van der Waals surface area contributed by atoms with Gasteiger partial charge in [0.2, 0.25) is 5.96 Å². The summed E-state index contributed by atoms with van der Waals surface area (Å²) in [5.74, 6) is 0.536. The van der Waals surface area contributed by atoms with E-state index in [1.54, 1.807) is 7.05 Å². The summed E-state index contributed by atoms with van der Waals surface area (Å²) in [4.78, 5) is 4.02. The van der Waals surface area contributed by atoms with Gasteiger partial charge in [-0.15, -0.1) is 0 Å². The minimum Gasteiger partial charge on any atom is -0.349 e. The lowest BCUT2D eigenvalue weighted by Crippen LogP contribution is -2.38. The molecule has 0 fully saturated rings. The molecule has 0 saturated carbocycles. The van der Waals surface area contributed by atoms with Crippen LogP contribution in [-0.4, -0.2) is 13.0 Å². The van der Waals surface area contributed by atoms with Crippen molar-refractivity contribution in [1.29, 1.82) is 5.26 Å². The first kappa shape index (κ1) is 11.5. The molecule has 0 spiro atoms. The Hall–Kier alpha value is -2.02. The Balaban J connectivity index is 2.16. The Kier molecular flexibility index (Phi) is 3.61. The highest BCUT2D eigenvalue weighted by molar-refractivity contribution is 5.81. The summed E-state index contributed by atoms with van der Waals surface area (Å²) in [6, 6.07) is 8.69. The van der Waals surface area contributed by atoms with Crippen molar-refractivity contribution in [3.05, 3.63) is 35.4 Å². The van der Waals surface area contributed by atoms with Crippen LogP contribution in [0.1, 0.15) is 30.0 Å². The maximum atomic E-state index is 8.61. The molecule has 1 unspecified atom stereocenters. The van der Waals surface area contributed by atoms with E-state index in [1.165, 1.54) is 11.1 Å². The molecule has 4 nitrogen and oxygen atoms in total. The van der Waals surface area contributed by atoms with E-state index in [0.717, 1.165) is 19.3 Å². The molecule has 4 heteroatoms. The van der Waals surface area contributed by atoms with Gasteiger partial charge in [-0.1, -0.05) is 24.3 Å². The van der Waals surface area contributed by atoms with E-state index < -0.39 is 0 Å². The van der Waals surface area contributed by atoms with E-state index in [4.69, 9.17) is 5.26 Å². The van der Waals surface area contributed by atoms with Gasteiger partial charge < -0.3 is 5.32 Å². The topological polar surface area (TPSA) is 60.2 Å². The number of aliphatic imine (C=N–C) groups is 1. The van der Waals surface area contributed by atoms with E-state index in [0.29, 0.717) is 5.96 Å². The normalized spacial score (nSPS) is 19.1. The molecular weight excluding hydrogens is 212 g/mol. The molecule has 88 valence electrons. The predicted octanol–water partition coefficient (Wildman–Crippen LogP) is 1.71. The molecule has 0 bridgehead atoms. The largest absolute Gasteiger partial charge is 0.349 e. The van der Waals surface area contributed by atoms with Crippen LogP contribution in [0.4, 0.5) is 0 Å². The molecule has 1 aliphatic carbocycles. The Morgan fingerprint density at radius 2 is 2.29 bits per heavy atom. The van der Waals surface area contributed by atoms with Crippen LogP contribution in [0.5, 0.6) is 0 Å². The third kappa shape index (κ3) is 2.56. The van der Waals surface area contributed by atoms with Crippen molar-refractivity contribution in [2.24, 2.45) is 4.99 Å². The molecule has 1 atom stereocenters. The van der Waals surface area contributed by atoms with Gasteiger partial charge in [-0.05, 0) is 30.4 Å². The van der Waals surface area contributed by atoms with Gasteiger partial charge >= 0.3 is 0 Å². The first-order valence-corrected chi connectivity index (χ1v) is 5.81. The number of rotatable bonds is 1. The van der Waals surface area contributed by atoms with Gasteiger partial charge in [-0.25, -0.2) is 0 Å². The molecule has 0 radical (unpaired) electrons. The molecule has 1 aliphatic rings. The summed E-state index contributed by atoms with van der Waals surface area (Å²) in [7, 11) is 1.67. The Morgan fingerprint density at radius 1 is 1.47 bits per heavy atom. The summed E-state index contributed by atoms with van der Waals surface area (Å²) >= 11 is 0. The zero-order chi connectivity index (χ0) is 12.1. The minimum absolute atomic E-state index is 0.250. The third-order valence-corrected chi connectivity index (χ3v) is 3.08. The highest BCUT2D eigenvalue weighted by Gasteiger charge is 2.20. The molecule has 0 heterocycles. The Morgan fingerprint density at radius 3 is 3.06 bits per heavy atom. The van der Waals surface area contributed by atoms with Crippen LogP contribution in [0, 0.1) is 11.5 Å². The molecule has 1 aromatic carbocycles. The number of aryl methyl sites for hydroxylation is 1. The van der Waals surface area contributed by atoms with E-state index in [2.05, 4.69) is 39.9 Å². The summed E-state index contributed by atoms with van der Waals surface area (Å²) in [5, 5.41) is 14.4. The maximum absolute atomic E-state index is 8.61. The molecule has 1 aromatic rings. The minimum atomic E-state index is 0.250. The molecule has 2 N–H and O–H groups in total. The number of guanidine groups is 1. The average molecular weight is 228 g/mol. The van der Waals surface area contributed by atoms with Crippen LogP contribution in [0.15, 0.2) is 29.3 Å². The number of hydrogen-bond acceptors (Lipinski definition) is 2. The van der Waals surface area contributed by atoms with Crippen LogP contribution < -0.4 is 10.6 Å². The summed E-state index contributed by atoms with van der Waals surface area (Å²) in [6.45, 7) is 0. The fraction of sp³-hybridized carbons (Fsp3) is 0.385. The van der Waals surface area contributed by atoms with E-state index in [1.807, 2.05) is 6.19 Å². The highest BCUT2D eigenvalue weighted by atomic mass is 15.2. The van der Waals surface area contributed by atoms with Gasteiger partial charge in [0.25, 0.3) is 0 Å². The van der Waals surface area contributed by atoms with Crippen molar-refractivity contribution in [2.75, 3.05) is 7.05 Å². The van der Waals surface area contributed by atoms with Crippen molar-refractivity contribution in [1.82, 2.24) is 10.6 Å². The van der Waals surface area contributed by atoms with Crippen LogP contribution in [-0.2, 0) is 6.42 Å². The second-order valence-electron chi connectivity index (χ2n) is 4.10. The number of nitriles is 1. The molecule has 0 amide bonds. The van der Waals surface area contributed by atoms with Gasteiger partial charge in [0.1, 0.15) is 0 Å². The predicted molar refractivity (Wildman–Crippen MR) is 67.4 cm³/mol. The van der Waals surface area contributed by atoms with Crippen molar-refractivity contribution in [3.8, 4) is 6.19 Å². The standard InChI is InChI=1S/C13H16N4/c1-15-13(16-9-14)17-12-8-4-6-10-5-2-3-7-11(10)12/h2-3,5,7,12H,4,6,8H2,1H3,(H2,15,16,17). The van der Waals surface area contributed by atoms with Crippen molar-refractivity contribution in [2.45, 2.75) is 25.3 Å². The lowest BCUT2D eigenvalue weighted by Gasteiger charge is -2.27. The molecule has 17 heavy (non-hydrogen) atoms. The third-order valence-electron chi connectivity index (χ3n) is 3.08. The maximum Gasteiger partial charge on any atom is 0.204 e. The highest BCUT2D eigenvalue weighted by Crippen LogP contribution is 2.29. The van der Waals surface area contributed by atoms with Crippen LogP contribution in [0.3, 0.4) is 0 Å². The van der Waals surface area contributed by atoms with Gasteiger partial charge in [0, 0.05) is 7.05 Å². The smallest absolute Gasteiger partial charge is 0.204 e. The number of benzene rings is 1. The lowest BCUT2D eigenvalue weighted by atomic mass is 9.88. The van der Waals surface area contributed by atoms with Gasteiger partial charge in [-0.3, -0.25) is 10.3 Å². The Bertz CT molecular complexity index is 459. The van der Waals surface area contributed by atoms with Crippen molar-refractivity contribution in [3.63, 3.8) is 0 Å². The molecule has 0 saturated heterocycles.